The Kier molecular flexibility index (Phi) is 8.97. The van der Waals surface area contributed by atoms with Crippen LogP contribution in [-0.2, 0) is 10.9 Å². The summed E-state index contributed by atoms with van der Waals surface area (Å²) >= 11 is 0. The number of hydrogen-bond donors (Lipinski definition) is 0. The Hall–Kier alpha value is -4.46. The van der Waals surface area contributed by atoms with Gasteiger partial charge in [-0.2, -0.15) is 23.1 Å². The van der Waals surface area contributed by atoms with Crippen molar-refractivity contribution < 1.29 is 27.4 Å². The molecule has 0 radical (unpaired) electrons. The quantitative estimate of drug-likeness (QED) is 0.252. The Morgan fingerprint density at radius 2 is 1.65 bits per heavy atom. The molecule has 4 heterocycles. The van der Waals surface area contributed by atoms with Crippen LogP contribution in [0.4, 0.5) is 23.8 Å². The van der Waals surface area contributed by atoms with Crippen molar-refractivity contribution in [1.29, 1.82) is 0 Å². The van der Waals surface area contributed by atoms with Gasteiger partial charge in [-0.3, -0.25) is 9.36 Å². The predicted octanol–water partition coefficient (Wildman–Crippen LogP) is 5.96. The minimum absolute atomic E-state index is 0.0347. The molecule has 0 spiro atoms. The zero-order valence-electron chi connectivity index (χ0n) is 28.8. The number of carbonyl (C=O) groups is 1. The van der Waals surface area contributed by atoms with Gasteiger partial charge in [0, 0.05) is 36.6 Å². The number of likely N-dealkylation sites (N-methyl/N-ethyl adjacent to an activating group) is 1. The lowest BCUT2D eigenvalue weighted by atomic mass is 10.0. The topological polar surface area (TPSA) is 106 Å². The van der Waals surface area contributed by atoms with E-state index in [9.17, 15) is 22.8 Å². The Bertz CT molecular complexity index is 1940. The van der Waals surface area contributed by atoms with Gasteiger partial charge in [0.05, 0.1) is 5.69 Å². The van der Waals surface area contributed by atoms with Gasteiger partial charge in [0.1, 0.15) is 17.7 Å². The molecule has 2 aromatic carbocycles. The Morgan fingerprint density at radius 3 is 2.27 bits per heavy atom. The number of rotatable bonds is 5. The fourth-order valence-corrected chi connectivity index (χ4v) is 6.96. The number of fused-ring (bicyclic) bond motifs is 2. The van der Waals surface area contributed by atoms with E-state index >= 15 is 0 Å². The third-order valence-electron chi connectivity index (χ3n) is 9.16. The normalized spacial score (nSPS) is 20.7. The van der Waals surface area contributed by atoms with Crippen LogP contribution in [-0.4, -0.2) is 92.4 Å². The lowest BCUT2D eigenvalue weighted by Crippen LogP contribution is -2.59. The van der Waals surface area contributed by atoms with E-state index in [1.807, 2.05) is 27.0 Å². The van der Waals surface area contributed by atoms with E-state index in [0.717, 1.165) is 19.4 Å². The standard InChI is InChI=1S/C35H42F3N7O4/c1-20-11-8-12-23-13-9-15-25(26(20)23)45-30(46)28-27(39-31(45)35(36,37)38)29(41-32(40-28)48-19-24-14-10-16-42(24)7)44-21(2)17-43(18-22(44)3)33(47)49-34(4,5)6/h8-9,11-13,15,21-22,24H,10,14,16-19H2,1-7H3/t21-,22-,24-/m0/s1. The molecular formula is C35H42F3N7O4. The monoisotopic (exact) mass is 681 g/mol. The highest BCUT2D eigenvalue weighted by molar-refractivity contribution is 5.94. The number of halogens is 3. The molecule has 0 bridgehead atoms. The predicted molar refractivity (Wildman–Crippen MR) is 181 cm³/mol. The van der Waals surface area contributed by atoms with Crippen LogP contribution < -0.4 is 15.2 Å². The minimum atomic E-state index is -5.01. The Morgan fingerprint density at radius 1 is 0.980 bits per heavy atom. The van der Waals surface area contributed by atoms with Gasteiger partial charge in [-0.1, -0.05) is 30.3 Å². The summed E-state index contributed by atoms with van der Waals surface area (Å²) in [6.07, 6.45) is -3.59. The SMILES string of the molecule is Cc1cccc2cccc(-n3c(C(F)(F)F)nc4c(N5[C@@H](C)CN(C(=O)OC(C)(C)C)C[C@@H]5C)nc(OC[C@@H]5CCCN5C)nc4c3=O)c12. The number of hydrogen-bond acceptors (Lipinski definition) is 9. The van der Waals surface area contributed by atoms with Crippen molar-refractivity contribution in [2.75, 3.05) is 38.2 Å². The van der Waals surface area contributed by atoms with Gasteiger partial charge in [0.2, 0.25) is 5.82 Å². The average Bonchev–Trinajstić information content (AvgIpc) is 3.42. The second-order valence-corrected chi connectivity index (χ2v) is 14.1. The lowest BCUT2D eigenvalue weighted by Gasteiger charge is -2.45. The van der Waals surface area contributed by atoms with Crippen LogP contribution in [0.5, 0.6) is 6.01 Å². The first-order valence-corrected chi connectivity index (χ1v) is 16.5. The summed E-state index contributed by atoms with van der Waals surface area (Å²) in [4.78, 5) is 46.2. The van der Waals surface area contributed by atoms with Crippen LogP contribution in [0.2, 0.25) is 0 Å². The number of alkyl halides is 3. The highest BCUT2D eigenvalue weighted by Gasteiger charge is 2.41. The highest BCUT2D eigenvalue weighted by Crippen LogP contribution is 2.36. The molecule has 2 fully saturated rings. The van der Waals surface area contributed by atoms with Crippen LogP contribution in [0, 0.1) is 6.92 Å². The molecule has 2 aliphatic rings. The molecular weight excluding hydrogens is 639 g/mol. The molecule has 0 unspecified atom stereocenters. The van der Waals surface area contributed by atoms with Gasteiger partial charge < -0.3 is 24.2 Å². The van der Waals surface area contributed by atoms with Crippen LogP contribution in [0.25, 0.3) is 27.5 Å². The maximum Gasteiger partial charge on any atom is 0.450 e. The number of amides is 1. The minimum Gasteiger partial charge on any atom is -0.462 e. The van der Waals surface area contributed by atoms with Gasteiger partial charge in [0.25, 0.3) is 5.56 Å². The summed E-state index contributed by atoms with van der Waals surface area (Å²) in [7, 11) is 1.99. The molecule has 0 N–H and O–H groups in total. The van der Waals surface area contributed by atoms with Crippen LogP contribution in [0.3, 0.4) is 0 Å². The molecule has 49 heavy (non-hydrogen) atoms. The molecule has 6 rings (SSSR count). The third kappa shape index (κ3) is 6.75. The third-order valence-corrected chi connectivity index (χ3v) is 9.16. The summed E-state index contributed by atoms with van der Waals surface area (Å²) in [5.41, 5.74) is -1.54. The van der Waals surface area contributed by atoms with E-state index in [0.29, 0.717) is 20.9 Å². The van der Waals surface area contributed by atoms with E-state index in [4.69, 9.17) is 9.47 Å². The van der Waals surface area contributed by atoms with Gasteiger partial charge in [-0.25, -0.2) is 9.78 Å². The van der Waals surface area contributed by atoms with Crippen molar-refractivity contribution in [2.45, 2.75) is 84.3 Å². The van der Waals surface area contributed by atoms with Crippen molar-refractivity contribution in [1.82, 2.24) is 29.3 Å². The number of likely N-dealkylation sites (tertiary alicyclic amines) is 1. The molecule has 14 heteroatoms. The summed E-state index contributed by atoms with van der Waals surface area (Å²) in [5, 5.41) is 1.17. The summed E-state index contributed by atoms with van der Waals surface area (Å²) in [5.74, 6) is -1.35. The fraction of sp³-hybridized carbons (Fsp3) is 0.514. The van der Waals surface area contributed by atoms with Gasteiger partial charge >= 0.3 is 18.3 Å². The molecule has 262 valence electrons. The van der Waals surface area contributed by atoms with Gasteiger partial charge in [-0.15, -0.1) is 0 Å². The largest absolute Gasteiger partial charge is 0.462 e. The number of ether oxygens (including phenoxy) is 2. The van der Waals surface area contributed by atoms with E-state index in [-0.39, 0.29) is 54.3 Å². The molecule has 2 aromatic heterocycles. The van der Waals surface area contributed by atoms with Crippen molar-refractivity contribution in [3.05, 3.63) is 58.1 Å². The molecule has 11 nitrogen and oxygen atoms in total. The first kappa shape index (κ1) is 34.4. The maximum absolute atomic E-state index is 15.0. The van der Waals surface area contributed by atoms with E-state index < -0.39 is 41.3 Å². The number of piperazine rings is 1. The molecule has 2 aliphatic heterocycles. The number of nitrogens with zero attached hydrogens (tertiary/aromatic N) is 7. The molecule has 4 aromatic rings. The first-order valence-electron chi connectivity index (χ1n) is 16.5. The lowest BCUT2D eigenvalue weighted by molar-refractivity contribution is -0.146. The number of carbonyl (C=O) groups excluding carboxylic acids is 1. The van der Waals surface area contributed by atoms with E-state index in [1.165, 1.54) is 6.07 Å². The molecule has 0 saturated carbocycles. The fourth-order valence-electron chi connectivity index (χ4n) is 6.96. The number of aryl methyl sites for hydroxylation is 1. The molecule has 0 aliphatic carbocycles. The molecule has 2 saturated heterocycles. The highest BCUT2D eigenvalue weighted by atomic mass is 19.4. The Balaban J connectivity index is 1.55. The second kappa shape index (κ2) is 12.8. The zero-order chi connectivity index (χ0) is 35.4. The number of aromatic nitrogens is 4. The summed E-state index contributed by atoms with van der Waals surface area (Å²) in [6.45, 7) is 12.3. The first-order chi connectivity index (χ1) is 23.0. The zero-order valence-corrected chi connectivity index (χ0v) is 28.8. The second-order valence-electron chi connectivity index (χ2n) is 14.1. The van der Waals surface area contributed by atoms with Gasteiger partial charge in [0.15, 0.2) is 11.3 Å². The summed E-state index contributed by atoms with van der Waals surface area (Å²) in [6, 6.07) is 9.33. The molecule has 1 amide bonds. The Labute approximate surface area is 282 Å². The van der Waals surface area contributed by atoms with Crippen molar-refractivity contribution in [2.24, 2.45) is 0 Å². The van der Waals surface area contributed by atoms with Gasteiger partial charge in [-0.05, 0) is 85.0 Å². The van der Waals surface area contributed by atoms with Crippen LogP contribution >= 0.6 is 0 Å². The van der Waals surface area contributed by atoms with Crippen molar-refractivity contribution in [3.63, 3.8) is 0 Å². The maximum atomic E-state index is 15.0. The van der Waals surface area contributed by atoms with E-state index in [2.05, 4.69) is 19.9 Å². The number of anilines is 1. The number of benzene rings is 2. The van der Waals surface area contributed by atoms with E-state index in [1.54, 1.807) is 61.8 Å². The molecule has 3 atom stereocenters. The van der Waals surface area contributed by atoms with Crippen LogP contribution in [0.15, 0.2) is 41.2 Å². The van der Waals surface area contributed by atoms with Crippen LogP contribution in [0.1, 0.15) is 58.8 Å². The smallest absolute Gasteiger partial charge is 0.450 e. The van der Waals surface area contributed by atoms with Crippen molar-refractivity contribution >= 4 is 33.7 Å². The summed E-state index contributed by atoms with van der Waals surface area (Å²) < 4.78 is 57.3. The van der Waals surface area contributed by atoms with Crippen molar-refractivity contribution in [3.8, 4) is 11.7 Å². The average molecular weight is 682 g/mol.